The molecule has 0 aromatic heterocycles. The summed E-state index contributed by atoms with van der Waals surface area (Å²) in [7, 11) is -3.62. The number of carbonyl (C=O) groups is 2. The van der Waals surface area contributed by atoms with Gasteiger partial charge in [0.1, 0.15) is 11.3 Å². The molecule has 2 aromatic rings. The van der Waals surface area contributed by atoms with Gasteiger partial charge in [0.25, 0.3) is 5.91 Å². The zero-order chi connectivity index (χ0) is 20.9. The quantitative estimate of drug-likeness (QED) is 0.697. The predicted molar refractivity (Wildman–Crippen MR) is 106 cm³/mol. The second-order valence-corrected chi connectivity index (χ2v) is 8.57. The Hall–Kier alpha value is -2.91. The maximum absolute atomic E-state index is 12.7. The number of phenolic OH excluding ortho intramolecular Hbond substituents is 1. The number of aromatic hydroxyl groups is 1. The van der Waals surface area contributed by atoms with Crippen LogP contribution in [-0.2, 0) is 19.6 Å². The number of nitrogens with zero attached hydrogens (tertiary/aromatic N) is 1. The lowest BCUT2D eigenvalue weighted by molar-refractivity contribution is -0.119. The number of anilines is 1. The highest BCUT2D eigenvalue weighted by molar-refractivity contribution is 7.89. The zero-order valence-electron chi connectivity index (χ0n) is 15.7. The topological polar surface area (TPSA) is 113 Å². The van der Waals surface area contributed by atoms with Crippen LogP contribution in [0.1, 0.15) is 29.6 Å². The molecule has 1 aliphatic heterocycles. The summed E-state index contributed by atoms with van der Waals surface area (Å²) in [6, 6.07) is 11.8. The number of amides is 1. The molecule has 154 valence electrons. The average molecular weight is 418 g/mol. The highest BCUT2D eigenvalue weighted by Crippen LogP contribution is 2.23. The van der Waals surface area contributed by atoms with E-state index in [2.05, 4.69) is 5.32 Å². The van der Waals surface area contributed by atoms with Crippen molar-refractivity contribution in [1.29, 1.82) is 0 Å². The fourth-order valence-corrected chi connectivity index (χ4v) is 4.60. The summed E-state index contributed by atoms with van der Waals surface area (Å²) in [6.45, 7) is 0.401. The molecule has 0 bridgehead atoms. The molecule has 0 unspecified atom stereocenters. The summed E-state index contributed by atoms with van der Waals surface area (Å²) in [4.78, 5) is 24.1. The molecule has 0 saturated carbocycles. The van der Waals surface area contributed by atoms with E-state index in [1.165, 1.54) is 28.6 Å². The Morgan fingerprint density at radius 3 is 2.48 bits per heavy atom. The van der Waals surface area contributed by atoms with E-state index < -0.39 is 28.5 Å². The SMILES string of the molecule is O=C(COC(=O)c1ccccc1O)Nc1cccc(S(=O)(=O)N2CCCCC2)c1. The van der Waals surface area contributed by atoms with Gasteiger partial charge in [-0.3, -0.25) is 4.79 Å². The maximum Gasteiger partial charge on any atom is 0.342 e. The van der Waals surface area contributed by atoms with Gasteiger partial charge in [-0.05, 0) is 43.2 Å². The van der Waals surface area contributed by atoms with E-state index >= 15 is 0 Å². The maximum atomic E-state index is 12.7. The third-order valence-corrected chi connectivity index (χ3v) is 6.42. The van der Waals surface area contributed by atoms with E-state index in [-0.39, 0.29) is 21.9 Å². The summed E-state index contributed by atoms with van der Waals surface area (Å²) in [6.07, 6.45) is 2.68. The molecule has 0 atom stereocenters. The average Bonchev–Trinajstić information content (AvgIpc) is 2.73. The smallest absolute Gasteiger partial charge is 0.342 e. The van der Waals surface area contributed by atoms with Crippen molar-refractivity contribution in [1.82, 2.24) is 4.31 Å². The lowest BCUT2D eigenvalue weighted by atomic mass is 10.2. The molecule has 1 amide bonds. The van der Waals surface area contributed by atoms with Crippen LogP contribution < -0.4 is 5.32 Å². The zero-order valence-corrected chi connectivity index (χ0v) is 16.5. The number of esters is 1. The van der Waals surface area contributed by atoms with Crippen molar-refractivity contribution in [2.24, 2.45) is 0 Å². The number of para-hydroxylation sites is 1. The van der Waals surface area contributed by atoms with Crippen LogP contribution in [0.25, 0.3) is 0 Å². The highest BCUT2D eigenvalue weighted by Gasteiger charge is 2.26. The van der Waals surface area contributed by atoms with Crippen LogP contribution in [0.5, 0.6) is 5.75 Å². The number of nitrogens with one attached hydrogen (secondary N) is 1. The number of phenols is 1. The van der Waals surface area contributed by atoms with Crippen LogP contribution in [0.15, 0.2) is 53.4 Å². The first-order valence-corrected chi connectivity index (χ1v) is 10.7. The van der Waals surface area contributed by atoms with E-state index in [0.29, 0.717) is 13.1 Å². The minimum Gasteiger partial charge on any atom is -0.507 e. The van der Waals surface area contributed by atoms with Gasteiger partial charge < -0.3 is 15.2 Å². The van der Waals surface area contributed by atoms with Gasteiger partial charge in [0, 0.05) is 18.8 Å². The van der Waals surface area contributed by atoms with E-state index in [4.69, 9.17) is 4.74 Å². The molecule has 2 aromatic carbocycles. The Morgan fingerprint density at radius 2 is 1.76 bits per heavy atom. The van der Waals surface area contributed by atoms with Crippen molar-refractivity contribution >= 4 is 27.6 Å². The van der Waals surface area contributed by atoms with Crippen LogP contribution in [0, 0.1) is 0 Å². The summed E-state index contributed by atoms with van der Waals surface area (Å²) in [5.74, 6) is -1.70. The van der Waals surface area contributed by atoms with E-state index in [1.54, 1.807) is 24.3 Å². The van der Waals surface area contributed by atoms with Crippen molar-refractivity contribution in [3.05, 3.63) is 54.1 Å². The first-order valence-electron chi connectivity index (χ1n) is 9.23. The van der Waals surface area contributed by atoms with Gasteiger partial charge >= 0.3 is 5.97 Å². The van der Waals surface area contributed by atoms with Crippen LogP contribution in [0.2, 0.25) is 0 Å². The molecular weight excluding hydrogens is 396 g/mol. The van der Waals surface area contributed by atoms with Gasteiger partial charge in [-0.25, -0.2) is 13.2 Å². The Labute approximate surface area is 169 Å². The highest BCUT2D eigenvalue weighted by atomic mass is 32.2. The molecule has 1 aliphatic rings. The largest absolute Gasteiger partial charge is 0.507 e. The molecule has 0 radical (unpaired) electrons. The standard InChI is InChI=1S/C20H22N2O6S/c23-18-10-3-2-9-17(18)20(25)28-14-19(24)21-15-7-6-8-16(13-15)29(26,27)22-11-4-1-5-12-22/h2-3,6-10,13,23H,1,4-5,11-12,14H2,(H,21,24). The van der Waals surface area contributed by atoms with Crippen LogP contribution in [-0.4, -0.2) is 49.4 Å². The lowest BCUT2D eigenvalue weighted by Crippen LogP contribution is -2.35. The third-order valence-electron chi connectivity index (χ3n) is 4.53. The number of piperidine rings is 1. The van der Waals surface area contributed by atoms with Gasteiger partial charge in [0.15, 0.2) is 6.61 Å². The third kappa shape index (κ3) is 5.12. The van der Waals surface area contributed by atoms with Gasteiger partial charge in [0.2, 0.25) is 10.0 Å². The monoisotopic (exact) mass is 418 g/mol. The molecule has 1 fully saturated rings. The molecule has 0 aliphatic carbocycles. The molecule has 29 heavy (non-hydrogen) atoms. The number of benzene rings is 2. The van der Waals surface area contributed by atoms with Gasteiger partial charge in [0.05, 0.1) is 4.90 Å². The molecule has 1 heterocycles. The molecule has 1 saturated heterocycles. The number of sulfonamides is 1. The number of carbonyl (C=O) groups excluding carboxylic acids is 2. The van der Waals surface area contributed by atoms with Gasteiger partial charge in [-0.1, -0.05) is 24.6 Å². The number of rotatable bonds is 6. The van der Waals surface area contributed by atoms with Crippen LogP contribution in [0.4, 0.5) is 5.69 Å². The summed E-state index contributed by atoms with van der Waals surface area (Å²) in [5.41, 5.74) is 0.238. The normalized spacial score (nSPS) is 14.9. The van der Waals surface area contributed by atoms with Crippen molar-refractivity contribution in [3.63, 3.8) is 0 Å². The van der Waals surface area contributed by atoms with Crippen molar-refractivity contribution < 1.29 is 27.9 Å². The van der Waals surface area contributed by atoms with E-state index in [1.807, 2.05) is 0 Å². The van der Waals surface area contributed by atoms with Crippen molar-refractivity contribution in [3.8, 4) is 5.75 Å². The first kappa shape index (κ1) is 20.8. The summed E-state index contributed by atoms with van der Waals surface area (Å²) < 4.78 is 31.8. The fraction of sp³-hybridized carbons (Fsp3) is 0.300. The number of ether oxygens (including phenoxy) is 1. The molecule has 9 heteroatoms. The predicted octanol–water partition coefficient (Wildman–Crippen LogP) is 2.36. The van der Waals surface area contributed by atoms with E-state index in [9.17, 15) is 23.1 Å². The van der Waals surface area contributed by atoms with Gasteiger partial charge in [-0.2, -0.15) is 4.31 Å². The molecular formula is C20H22N2O6S. The van der Waals surface area contributed by atoms with Crippen molar-refractivity contribution in [2.45, 2.75) is 24.2 Å². The van der Waals surface area contributed by atoms with Gasteiger partial charge in [-0.15, -0.1) is 0 Å². The first-order chi connectivity index (χ1) is 13.9. The van der Waals surface area contributed by atoms with Crippen molar-refractivity contribution in [2.75, 3.05) is 25.0 Å². The fourth-order valence-electron chi connectivity index (χ4n) is 3.04. The Balaban J connectivity index is 1.62. The number of hydrogen-bond acceptors (Lipinski definition) is 6. The molecule has 2 N–H and O–H groups in total. The van der Waals surface area contributed by atoms with Crippen LogP contribution >= 0.6 is 0 Å². The molecule has 0 spiro atoms. The Kier molecular flexibility index (Phi) is 6.50. The Bertz CT molecular complexity index is 1000. The summed E-state index contributed by atoms with van der Waals surface area (Å²) >= 11 is 0. The Morgan fingerprint density at radius 1 is 1.03 bits per heavy atom. The minimum atomic E-state index is -3.62. The second kappa shape index (κ2) is 9.06. The van der Waals surface area contributed by atoms with E-state index in [0.717, 1.165) is 19.3 Å². The lowest BCUT2D eigenvalue weighted by Gasteiger charge is -2.26. The second-order valence-electron chi connectivity index (χ2n) is 6.63. The molecule has 3 rings (SSSR count). The minimum absolute atomic E-state index is 0.0464. The number of hydrogen-bond donors (Lipinski definition) is 2. The summed E-state index contributed by atoms with van der Waals surface area (Å²) in [5, 5.41) is 12.2. The van der Waals surface area contributed by atoms with Crippen LogP contribution in [0.3, 0.4) is 0 Å². The molecule has 8 nitrogen and oxygen atoms in total.